The van der Waals surface area contributed by atoms with Crippen LogP contribution in [-0.4, -0.2) is 22.5 Å². The molecule has 0 unspecified atom stereocenters. The molecule has 0 saturated carbocycles. The van der Waals surface area contributed by atoms with E-state index in [4.69, 9.17) is 0 Å². The Kier molecular flexibility index (Phi) is 5.11. The van der Waals surface area contributed by atoms with Crippen LogP contribution < -0.4 is 5.32 Å². The molecule has 0 radical (unpaired) electrons. The third-order valence-electron chi connectivity index (χ3n) is 3.92. The lowest BCUT2D eigenvalue weighted by Crippen LogP contribution is -2.25. The Morgan fingerprint density at radius 3 is 2.67 bits per heavy atom. The smallest absolute Gasteiger partial charge is 0.239 e. The lowest BCUT2D eigenvalue weighted by atomic mass is 10.0. The van der Waals surface area contributed by atoms with Crippen molar-refractivity contribution in [1.29, 1.82) is 0 Å². The molecule has 1 N–H and O–H groups in total. The predicted molar refractivity (Wildman–Crippen MR) is 101 cm³/mol. The Labute approximate surface area is 146 Å². The van der Waals surface area contributed by atoms with Crippen molar-refractivity contribution < 1.29 is 4.79 Å². The van der Waals surface area contributed by atoms with Gasteiger partial charge < -0.3 is 5.32 Å². The van der Waals surface area contributed by atoms with Crippen LogP contribution in [-0.2, 0) is 11.2 Å². The van der Waals surface area contributed by atoms with E-state index in [9.17, 15) is 4.79 Å². The average Bonchev–Trinajstić information content (AvgIpc) is 2.92. The fourth-order valence-corrected chi connectivity index (χ4v) is 3.38. The van der Waals surface area contributed by atoms with E-state index in [2.05, 4.69) is 47.6 Å². The first-order chi connectivity index (χ1) is 11.6. The van der Waals surface area contributed by atoms with Gasteiger partial charge in [0.15, 0.2) is 5.17 Å². The van der Waals surface area contributed by atoms with Crippen LogP contribution in [0.15, 0.2) is 58.7 Å². The highest BCUT2D eigenvalue weighted by molar-refractivity contribution is 8.15. The molecule has 1 saturated heterocycles. The normalized spacial score (nSPS) is 19.2. The molecule has 122 valence electrons. The molecular weight excluding hydrogens is 318 g/mol. The van der Waals surface area contributed by atoms with Gasteiger partial charge in [-0.25, -0.2) is 0 Å². The zero-order valence-corrected chi connectivity index (χ0v) is 14.5. The molecule has 4 nitrogen and oxygen atoms in total. The zero-order valence-electron chi connectivity index (χ0n) is 13.7. The number of hydrogen-bond acceptors (Lipinski definition) is 4. The van der Waals surface area contributed by atoms with Crippen molar-refractivity contribution in [3.05, 3.63) is 70.8 Å². The standard InChI is InChI=1S/C19H19N3OS/c1-13-8-9-16(10-14(13)2)11-17-18(23)21-19(24-17)22-20-12-15-6-4-3-5-7-15/h3-10,12,17H,11H2,1-2H3,(H,21,22,23)/b20-12-/t17-/m1/s1. The minimum atomic E-state index is -0.155. The molecule has 24 heavy (non-hydrogen) atoms. The fourth-order valence-electron chi connectivity index (χ4n) is 2.42. The van der Waals surface area contributed by atoms with Gasteiger partial charge >= 0.3 is 0 Å². The maximum Gasteiger partial charge on any atom is 0.239 e. The minimum Gasteiger partial charge on any atom is -0.303 e. The summed E-state index contributed by atoms with van der Waals surface area (Å²) in [7, 11) is 0. The van der Waals surface area contributed by atoms with Gasteiger partial charge in [-0.05, 0) is 42.5 Å². The molecular formula is C19H19N3OS. The van der Waals surface area contributed by atoms with E-state index < -0.39 is 0 Å². The number of thioether (sulfide) groups is 1. The summed E-state index contributed by atoms with van der Waals surface area (Å²) in [6.45, 7) is 4.18. The third kappa shape index (κ3) is 4.11. The number of nitrogens with zero attached hydrogens (tertiary/aromatic N) is 2. The molecule has 0 aromatic heterocycles. The molecule has 1 amide bonds. The lowest BCUT2D eigenvalue weighted by molar-refractivity contribution is -0.118. The Bertz CT molecular complexity index is 800. The Morgan fingerprint density at radius 1 is 1.12 bits per heavy atom. The van der Waals surface area contributed by atoms with E-state index >= 15 is 0 Å². The number of benzene rings is 2. The number of carbonyl (C=O) groups is 1. The minimum absolute atomic E-state index is 0.00751. The highest BCUT2D eigenvalue weighted by Gasteiger charge is 2.30. The van der Waals surface area contributed by atoms with Gasteiger partial charge in [-0.3, -0.25) is 4.79 Å². The average molecular weight is 337 g/mol. The topological polar surface area (TPSA) is 53.8 Å². The van der Waals surface area contributed by atoms with Gasteiger partial charge in [-0.15, -0.1) is 5.10 Å². The highest BCUT2D eigenvalue weighted by Crippen LogP contribution is 2.24. The fraction of sp³-hybridized carbons (Fsp3) is 0.211. The van der Waals surface area contributed by atoms with Gasteiger partial charge in [0, 0.05) is 0 Å². The summed E-state index contributed by atoms with van der Waals surface area (Å²) in [4.78, 5) is 12.1. The van der Waals surface area contributed by atoms with Crippen molar-refractivity contribution >= 4 is 29.1 Å². The molecule has 5 heteroatoms. The SMILES string of the molecule is Cc1ccc(C[C@H]2S/C(=N/N=C\c3ccccc3)NC2=O)cc1C. The molecule has 1 fully saturated rings. The summed E-state index contributed by atoms with van der Waals surface area (Å²) in [6, 6.07) is 16.1. The van der Waals surface area contributed by atoms with E-state index in [1.807, 2.05) is 30.3 Å². The maximum absolute atomic E-state index is 12.1. The molecule has 1 aliphatic rings. The highest BCUT2D eigenvalue weighted by atomic mass is 32.2. The molecule has 3 rings (SSSR count). The van der Waals surface area contributed by atoms with Gasteiger partial charge in [0.2, 0.25) is 5.91 Å². The van der Waals surface area contributed by atoms with Crippen molar-refractivity contribution in [2.45, 2.75) is 25.5 Å². The van der Waals surface area contributed by atoms with Crippen molar-refractivity contribution in [3.63, 3.8) is 0 Å². The van der Waals surface area contributed by atoms with Crippen LogP contribution >= 0.6 is 11.8 Å². The number of hydrogen-bond donors (Lipinski definition) is 1. The van der Waals surface area contributed by atoms with Gasteiger partial charge in [-0.2, -0.15) is 5.10 Å². The van der Waals surface area contributed by atoms with Gasteiger partial charge in [-0.1, -0.05) is 60.3 Å². The van der Waals surface area contributed by atoms with E-state index in [1.165, 1.54) is 28.5 Å². The molecule has 1 atom stereocenters. The van der Waals surface area contributed by atoms with E-state index in [1.54, 1.807) is 6.21 Å². The van der Waals surface area contributed by atoms with E-state index in [0.29, 0.717) is 11.6 Å². The summed E-state index contributed by atoms with van der Waals surface area (Å²) < 4.78 is 0. The predicted octanol–water partition coefficient (Wildman–Crippen LogP) is 3.47. The second-order valence-electron chi connectivity index (χ2n) is 5.78. The number of amidine groups is 1. The summed E-state index contributed by atoms with van der Waals surface area (Å²) in [5.74, 6) is -0.00751. The second-order valence-corrected chi connectivity index (χ2v) is 6.97. The quantitative estimate of drug-likeness (QED) is 0.686. The van der Waals surface area contributed by atoms with Gasteiger partial charge in [0.05, 0.1) is 11.5 Å². The first-order valence-corrected chi connectivity index (χ1v) is 8.69. The van der Waals surface area contributed by atoms with Crippen LogP contribution in [0.4, 0.5) is 0 Å². The summed E-state index contributed by atoms with van der Waals surface area (Å²) >= 11 is 1.43. The summed E-state index contributed by atoms with van der Waals surface area (Å²) in [5.41, 5.74) is 4.65. The molecule has 2 aromatic rings. The van der Waals surface area contributed by atoms with Crippen LogP contribution in [0, 0.1) is 13.8 Å². The van der Waals surface area contributed by atoms with Crippen LogP contribution in [0.1, 0.15) is 22.3 Å². The van der Waals surface area contributed by atoms with Crippen LogP contribution in [0.3, 0.4) is 0 Å². The van der Waals surface area contributed by atoms with Crippen molar-refractivity contribution in [3.8, 4) is 0 Å². The monoisotopic (exact) mass is 337 g/mol. The third-order valence-corrected chi connectivity index (χ3v) is 5.00. The van der Waals surface area contributed by atoms with Crippen LogP contribution in [0.25, 0.3) is 0 Å². The lowest BCUT2D eigenvalue weighted by Gasteiger charge is -2.07. The Balaban J connectivity index is 1.63. The number of amides is 1. The molecule has 2 aromatic carbocycles. The van der Waals surface area contributed by atoms with Crippen molar-refractivity contribution in [1.82, 2.24) is 5.32 Å². The first-order valence-electron chi connectivity index (χ1n) is 7.81. The summed E-state index contributed by atoms with van der Waals surface area (Å²) in [6.07, 6.45) is 2.37. The molecule has 0 bridgehead atoms. The number of rotatable bonds is 4. The van der Waals surface area contributed by atoms with Crippen LogP contribution in [0.2, 0.25) is 0 Å². The van der Waals surface area contributed by atoms with Gasteiger partial charge in [0.25, 0.3) is 0 Å². The second kappa shape index (κ2) is 7.45. The Morgan fingerprint density at radius 2 is 1.92 bits per heavy atom. The number of nitrogens with one attached hydrogen (secondary N) is 1. The summed E-state index contributed by atoms with van der Waals surface area (Å²) in [5, 5.41) is 11.4. The maximum atomic E-state index is 12.1. The van der Waals surface area contributed by atoms with Crippen molar-refractivity contribution in [2.24, 2.45) is 10.2 Å². The largest absolute Gasteiger partial charge is 0.303 e. The number of aryl methyl sites for hydroxylation is 2. The van der Waals surface area contributed by atoms with Gasteiger partial charge in [0.1, 0.15) is 0 Å². The molecule has 1 aliphatic heterocycles. The first kappa shape index (κ1) is 16.5. The van der Waals surface area contributed by atoms with Crippen LogP contribution in [0.5, 0.6) is 0 Å². The molecule has 1 heterocycles. The number of carbonyl (C=O) groups excluding carboxylic acids is 1. The zero-order chi connectivity index (χ0) is 16.9. The Hall–Kier alpha value is -2.40. The van der Waals surface area contributed by atoms with Crippen molar-refractivity contribution in [2.75, 3.05) is 0 Å². The molecule has 0 aliphatic carbocycles. The molecule has 0 spiro atoms. The van der Waals surface area contributed by atoms with E-state index in [-0.39, 0.29) is 11.2 Å². The van der Waals surface area contributed by atoms with E-state index in [0.717, 1.165) is 5.56 Å².